The third-order valence-electron chi connectivity index (χ3n) is 5.00. The molecule has 0 saturated heterocycles. The highest BCUT2D eigenvalue weighted by Gasteiger charge is 2.30. The molecule has 1 N–H and O–H groups in total. The average molecular weight is 506 g/mol. The maximum absolute atomic E-state index is 13.4. The number of amides is 2. The van der Waals surface area contributed by atoms with Gasteiger partial charge in [-0.3, -0.25) is 9.59 Å². The van der Waals surface area contributed by atoms with Crippen molar-refractivity contribution in [1.29, 1.82) is 0 Å². The van der Waals surface area contributed by atoms with E-state index in [0.717, 1.165) is 11.1 Å². The van der Waals surface area contributed by atoms with E-state index in [1.807, 2.05) is 36.4 Å². The first-order valence-corrected chi connectivity index (χ1v) is 11.4. The van der Waals surface area contributed by atoms with Crippen LogP contribution in [0, 0.1) is 0 Å². The molecular formula is C25H23Cl3N2O3. The lowest BCUT2D eigenvalue weighted by Gasteiger charge is -2.31. The molecule has 0 aliphatic rings. The summed E-state index contributed by atoms with van der Waals surface area (Å²) in [4.78, 5) is 27.7. The fraction of sp³-hybridized carbons (Fsp3) is 0.200. The maximum Gasteiger partial charge on any atom is 0.261 e. The Morgan fingerprint density at radius 2 is 1.61 bits per heavy atom. The summed E-state index contributed by atoms with van der Waals surface area (Å²) >= 11 is 18.2. The molecule has 8 heteroatoms. The lowest BCUT2D eigenvalue weighted by atomic mass is 10.0. The van der Waals surface area contributed by atoms with Gasteiger partial charge in [0.1, 0.15) is 11.8 Å². The van der Waals surface area contributed by atoms with Crippen LogP contribution in [0.15, 0.2) is 72.8 Å². The fourth-order valence-corrected chi connectivity index (χ4v) is 4.04. The number of carbonyl (C=O) groups is 2. The minimum absolute atomic E-state index is 0.183. The van der Waals surface area contributed by atoms with Crippen molar-refractivity contribution in [3.63, 3.8) is 0 Å². The minimum atomic E-state index is -0.756. The van der Waals surface area contributed by atoms with Gasteiger partial charge in [-0.2, -0.15) is 0 Å². The SMILES string of the molecule is CNC(=O)C(Cc1ccccc1)N(Cc1cccc(Cl)c1)C(=O)COc1ccc(Cl)cc1Cl. The molecule has 0 aromatic heterocycles. The zero-order chi connectivity index (χ0) is 23.8. The first-order chi connectivity index (χ1) is 15.9. The highest BCUT2D eigenvalue weighted by Crippen LogP contribution is 2.27. The van der Waals surface area contributed by atoms with E-state index in [0.29, 0.717) is 27.2 Å². The van der Waals surface area contributed by atoms with Crippen molar-refractivity contribution in [3.05, 3.63) is 99.0 Å². The van der Waals surface area contributed by atoms with Gasteiger partial charge in [-0.05, 0) is 41.5 Å². The van der Waals surface area contributed by atoms with Crippen LogP contribution in [0.2, 0.25) is 15.1 Å². The Balaban J connectivity index is 1.88. The molecule has 172 valence electrons. The van der Waals surface area contributed by atoms with E-state index >= 15 is 0 Å². The molecule has 0 bridgehead atoms. The fourth-order valence-electron chi connectivity index (χ4n) is 3.37. The lowest BCUT2D eigenvalue weighted by molar-refractivity contribution is -0.142. The Kier molecular flexibility index (Phi) is 9.01. The van der Waals surface area contributed by atoms with Crippen molar-refractivity contribution in [2.45, 2.75) is 19.0 Å². The van der Waals surface area contributed by atoms with Crippen LogP contribution in [0.1, 0.15) is 11.1 Å². The van der Waals surface area contributed by atoms with Crippen molar-refractivity contribution >= 4 is 46.6 Å². The first kappa shape index (κ1) is 24.9. The van der Waals surface area contributed by atoms with Gasteiger partial charge >= 0.3 is 0 Å². The number of rotatable bonds is 9. The zero-order valence-corrected chi connectivity index (χ0v) is 20.2. The van der Waals surface area contributed by atoms with E-state index in [9.17, 15) is 9.59 Å². The number of likely N-dealkylation sites (N-methyl/N-ethyl adjacent to an activating group) is 1. The summed E-state index contributed by atoms with van der Waals surface area (Å²) < 4.78 is 5.67. The van der Waals surface area contributed by atoms with Crippen LogP contribution in [0.5, 0.6) is 5.75 Å². The lowest BCUT2D eigenvalue weighted by Crippen LogP contribution is -2.51. The van der Waals surface area contributed by atoms with Gasteiger partial charge in [-0.25, -0.2) is 0 Å². The number of benzene rings is 3. The van der Waals surface area contributed by atoms with Crippen molar-refractivity contribution in [1.82, 2.24) is 10.2 Å². The summed E-state index contributed by atoms with van der Waals surface area (Å²) in [5.74, 6) is -0.319. The third-order valence-corrected chi connectivity index (χ3v) is 5.77. The molecule has 33 heavy (non-hydrogen) atoms. The first-order valence-electron chi connectivity index (χ1n) is 10.2. The van der Waals surface area contributed by atoms with Crippen LogP contribution in [-0.4, -0.2) is 36.4 Å². The Labute approximate surface area is 208 Å². The van der Waals surface area contributed by atoms with Crippen LogP contribution >= 0.6 is 34.8 Å². The molecule has 1 atom stereocenters. The van der Waals surface area contributed by atoms with E-state index < -0.39 is 6.04 Å². The van der Waals surface area contributed by atoms with Gasteiger partial charge in [0.25, 0.3) is 5.91 Å². The van der Waals surface area contributed by atoms with E-state index in [4.69, 9.17) is 39.5 Å². The number of ether oxygens (including phenoxy) is 1. The summed E-state index contributed by atoms with van der Waals surface area (Å²) in [5.41, 5.74) is 1.72. The van der Waals surface area contributed by atoms with Crippen LogP contribution in [0.3, 0.4) is 0 Å². The molecule has 0 radical (unpaired) electrons. The molecular weight excluding hydrogens is 483 g/mol. The maximum atomic E-state index is 13.4. The van der Waals surface area contributed by atoms with E-state index in [1.165, 1.54) is 11.0 Å². The Morgan fingerprint density at radius 3 is 2.27 bits per heavy atom. The molecule has 0 heterocycles. The van der Waals surface area contributed by atoms with E-state index in [1.54, 1.807) is 37.4 Å². The van der Waals surface area contributed by atoms with Gasteiger partial charge in [0, 0.05) is 30.1 Å². The summed E-state index contributed by atoms with van der Waals surface area (Å²) in [6.07, 6.45) is 0.342. The quantitative estimate of drug-likeness (QED) is 0.423. The summed E-state index contributed by atoms with van der Waals surface area (Å²) in [5, 5.41) is 3.97. The normalized spacial score (nSPS) is 11.5. The van der Waals surface area contributed by atoms with Gasteiger partial charge in [-0.15, -0.1) is 0 Å². The second-order valence-corrected chi connectivity index (χ2v) is 8.61. The third kappa shape index (κ3) is 7.13. The van der Waals surface area contributed by atoms with Crippen LogP contribution in [0.4, 0.5) is 0 Å². The molecule has 0 fully saturated rings. The Bertz CT molecular complexity index is 1110. The van der Waals surface area contributed by atoms with Crippen LogP contribution in [0.25, 0.3) is 0 Å². The molecule has 3 rings (SSSR count). The van der Waals surface area contributed by atoms with Gasteiger partial charge in [-0.1, -0.05) is 77.3 Å². The Hall–Kier alpha value is -2.73. The van der Waals surface area contributed by atoms with Gasteiger partial charge in [0.2, 0.25) is 5.91 Å². The summed E-state index contributed by atoms with van der Waals surface area (Å²) in [6.45, 7) is -0.119. The predicted molar refractivity (Wildman–Crippen MR) is 132 cm³/mol. The zero-order valence-electron chi connectivity index (χ0n) is 17.9. The van der Waals surface area contributed by atoms with Gasteiger partial charge < -0.3 is 15.0 Å². The second kappa shape index (κ2) is 11.9. The average Bonchev–Trinajstić information content (AvgIpc) is 2.81. The second-order valence-electron chi connectivity index (χ2n) is 7.33. The van der Waals surface area contributed by atoms with Crippen LogP contribution < -0.4 is 10.1 Å². The smallest absolute Gasteiger partial charge is 0.261 e. The highest BCUT2D eigenvalue weighted by molar-refractivity contribution is 6.35. The number of nitrogens with one attached hydrogen (secondary N) is 1. The highest BCUT2D eigenvalue weighted by atomic mass is 35.5. The molecule has 3 aromatic rings. The Morgan fingerprint density at radius 1 is 0.909 bits per heavy atom. The standard InChI is InChI=1S/C25H23Cl3N2O3/c1-29-25(32)22(13-17-6-3-2-4-7-17)30(15-18-8-5-9-19(26)12-18)24(31)16-33-23-11-10-20(27)14-21(23)28/h2-12,14,22H,13,15-16H2,1H3,(H,29,32). The van der Waals surface area contributed by atoms with Gasteiger partial charge in [0.15, 0.2) is 6.61 Å². The van der Waals surface area contributed by atoms with Crippen molar-refractivity contribution in [3.8, 4) is 5.75 Å². The summed E-state index contributed by atoms with van der Waals surface area (Å²) in [6, 6.07) is 20.7. The summed E-state index contributed by atoms with van der Waals surface area (Å²) in [7, 11) is 1.55. The van der Waals surface area contributed by atoms with E-state index in [-0.39, 0.29) is 25.0 Å². The number of carbonyl (C=O) groups excluding carboxylic acids is 2. The predicted octanol–water partition coefficient (Wildman–Crippen LogP) is 5.41. The molecule has 0 saturated carbocycles. The minimum Gasteiger partial charge on any atom is -0.482 e. The van der Waals surface area contributed by atoms with Gasteiger partial charge in [0.05, 0.1) is 5.02 Å². The number of hydrogen-bond acceptors (Lipinski definition) is 3. The molecule has 0 aliphatic heterocycles. The van der Waals surface area contributed by atoms with Crippen molar-refractivity contribution < 1.29 is 14.3 Å². The number of hydrogen-bond donors (Lipinski definition) is 1. The monoisotopic (exact) mass is 504 g/mol. The largest absolute Gasteiger partial charge is 0.482 e. The van der Waals surface area contributed by atoms with Crippen molar-refractivity contribution in [2.75, 3.05) is 13.7 Å². The molecule has 0 spiro atoms. The van der Waals surface area contributed by atoms with E-state index in [2.05, 4.69) is 5.32 Å². The van der Waals surface area contributed by atoms with Crippen LogP contribution in [-0.2, 0) is 22.6 Å². The molecule has 1 unspecified atom stereocenters. The molecule has 5 nitrogen and oxygen atoms in total. The topological polar surface area (TPSA) is 58.6 Å². The number of nitrogens with zero attached hydrogens (tertiary/aromatic N) is 1. The molecule has 0 aliphatic carbocycles. The number of halogens is 3. The molecule has 2 amide bonds. The van der Waals surface area contributed by atoms with Crippen molar-refractivity contribution in [2.24, 2.45) is 0 Å². The molecule has 3 aromatic carbocycles.